The van der Waals surface area contributed by atoms with E-state index in [1.165, 1.54) is 6.08 Å². The second kappa shape index (κ2) is 11.4. The van der Waals surface area contributed by atoms with Crippen LogP contribution in [0, 0.1) is 5.82 Å². The molecule has 0 aliphatic rings. The maximum atomic E-state index is 14.0. The molecule has 1 aromatic rings. The Bertz CT molecular complexity index is 1030. The molecular formula is C18H25F4INO6S2-. The normalized spacial score (nSPS) is 15.2. The van der Waals surface area contributed by atoms with E-state index in [2.05, 4.69) is 5.32 Å². The SMILES string of the molecule is C[I-]C(C)(C/C=C/CS(=O)(=O)O)c1c(NCCCCS(=O)(=O)O)cc(F)cc1C(F)(F)F. The number of benzene rings is 1. The fourth-order valence-electron chi connectivity index (χ4n) is 2.93. The molecule has 0 amide bonds. The molecule has 186 valence electrons. The third kappa shape index (κ3) is 9.89. The molecule has 0 aromatic heterocycles. The summed E-state index contributed by atoms with van der Waals surface area (Å²) in [6.45, 7) is 1.62. The number of unbranched alkanes of at least 4 members (excludes halogenated alkanes) is 1. The molecule has 1 rings (SSSR count). The first kappa shape index (κ1) is 29.1. The summed E-state index contributed by atoms with van der Waals surface area (Å²) in [5.41, 5.74) is -1.39. The van der Waals surface area contributed by atoms with Crippen molar-refractivity contribution in [1.82, 2.24) is 0 Å². The standard InChI is InChI=1S/C18H25F4INO6S2/c1-17(23-2,7-3-5-9-31(25,26)27)16-14(18(20,21)22)11-13(19)12-15(16)24-8-4-6-10-32(28,29)30/h3,5,11-12,24H,4,6-10H2,1-2H3,(H,25,26,27)(H,28,29,30)/q-1/b5-3+. The molecule has 0 aliphatic carbocycles. The minimum absolute atomic E-state index is 0.0262. The van der Waals surface area contributed by atoms with Gasteiger partial charge in [0.2, 0.25) is 0 Å². The van der Waals surface area contributed by atoms with Gasteiger partial charge in [0.25, 0.3) is 0 Å². The Kier molecular flexibility index (Phi) is 10.4. The molecule has 0 aliphatic heterocycles. The molecule has 1 aromatic carbocycles. The van der Waals surface area contributed by atoms with Crippen LogP contribution in [-0.4, -0.2) is 48.9 Å². The van der Waals surface area contributed by atoms with Crippen molar-refractivity contribution in [2.24, 2.45) is 0 Å². The van der Waals surface area contributed by atoms with E-state index in [0.717, 1.165) is 12.1 Å². The predicted molar refractivity (Wildman–Crippen MR) is 109 cm³/mol. The van der Waals surface area contributed by atoms with E-state index in [4.69, 9.17) is 9.11 Å². The molecule has 0 radical (unpaired) electrons. The molecule has 1 atom stereocenters. The molecular weight excluding hydrogens is 593 g/mol. The number of allylic oxidation sites excluding steroid dienone is 1. The summed E-state index contributed by atoms with van der Waals surface area (Å²) in [5.74, 6) is -2.28. The monoisotopic (exact) mass is 618 g/mol. The summed E-state index contributed by atoms with van der Waals surface area (Å²) >= 11 is -0.936. The fourth-order valence-corrected chi connectivity index (χ4v) is 5.70. The van der Waals surface area contributed by atoms with Crippen LogP contribution < -0.4 is 26.5 Å². The van der Waals surface area contributed by atoms with Gasteiger partial charge in [-0.15, -0.1) is 0 Å². The number of halogens is 5. The van der Waals surface area contributed by atoms with E-state index in [1.807, 2.05) is 0 Å². The Labute approximate surface area is 195 Å². The van der Waals surface area contributed by atoms with Crippen molar-refractivity contribution in [3.8, 4) is 0 Å². The first-order valence-electron chi connectivity index (χ1n) is 9.19. The number of nitrogens with one attached hydrogen (secondary N) is 1. The molecule has 3 N–H and O–H groups in total. The summed E-state index contributed by atoms with van der Waals surface area (Å²) in [7, 11) is -8.43. The van der Waals surface area contributed by atoms with Crippen LogP contribution in [0.25, 0.3) is 0 Å². The van der Waals surface area contributed by atoms with Gasteiger partial charge in [0.15, 0.2) is 0 Å². The van der Waals surface area contributed by atoms with Crippen molar-refractivity contribution in [2.75, 3.05) is 28.3 Å². The second-order valence-electron chi connectivity index (χ2n) is 7.10. The summed E-state index contributed by atoms with van der Waals surface area (Å²) in [4.78, 5) is 1.74. The summed E-state index contributed by atoms with van der Waals surface area (Å²) < 4.78 is 115. The van der Waals surface area contributed by atoms with Gasteiger partial charge in [-0.3, -0.25) is 0 Å². The molecule has 1 unspecified atom stereocenters. The average molecular weight is 618 g/mol. The molecule has 0 saturated carbocycles. The molecule has 0 fully saturated rings. The number of rotatable bonds is 12. The Morgan fingerprint density at radius 2 is 1.69 bits per heavy atom. The number of anilines is 1. The van der Waals surface area contributed by atoms with Crippen LogP contribution in [0.5, 0.6) is 0 Å². The van der Waals surface area contributed by atoms with Gasteiger partial charge in [-0.1, -0.05) is 0 Å². The van der Waals surface area contributed by atoms with Crippen LogP contribution in [0.2, 0.25) is 0 Å². The van der Waals surface area contributed by atoms with Crippen molar-refractivity contribution in [2.45, 2.75) is 35.8 Å². The van der Waals surface area contributed by atoms with Crippen LogP contribution in [0.3, 0.4) is 0 Å². The molecule has 0 bridgehead atoms. The maximum absolute atomic E-state index is 14.0. The molecule has 32 heavy (non-hydrogen) atoms. The number of hydrogen-bond donors (Lipinski definition) is 3. The van der Waals surface area contributed by atoms with Crippen molar-refractivity contribution in [1.29, 1.82) is 0 Å². The van der Waals surface area contributed by atoms with E-state index >= 15 is 0 Å². The topological polar surface area (TPSA) is 121 Å². The Hall–Kier alpha value is -0.970. The van der Waals surface area contributed by atoms with Gasteiger partial charge in [-0.2, -0.15) is 0 Å². The van der Waals surface area contributed by atoms with E-state index in [9.17, 15) is 34.4 Å². The van der Waals surface area contributed by atoms with Crippen LogP contribution >= 0.6 is 0 Å². The zero-order valence-electron chi connectivity index (χ0n) is 17.3. The van der Waals surface area contributed by atoms with E-state index in [-0.39, 0.29) is 37.1 Å². The third-order valence-electron chi connectivity index (χ3n) is 4.47. The Balaban J connectivity index is 3.31. The van der Waals surface area contributed by atoms with Gasteiger partial charge >= 0.3 is 196 Å². The average Bonchev–Trinajstić information content (AvgIpc) is 2.62. The van der Waals surface area contributed by atoms with E-state index in [1.54, 1.807) is 11.9 Å². The van der Waals surface area contributed by atoms with Gasteiger partial charge in [-0.25, -0.2) is 0 Å². The van der Waals surface area contributed by atoms with E-state index < -0.39 is 73.9 Å². The van der Waals surface area contributed by atoms with Crippen molar-refractivity contribution < 1.29 is 64.7 Å². The quantitative estimate of drug-likeness (QED) is 0.0788. The van der Waals surface area contributed by atoms with E-state index in [0.29, 0.717) is 6.07 Å². The third-order valence-corrected chi connectivity index (χ3v) is 9.25. The molecule has 0 saturated heterocycles. The minimum atomic E-state index is -4.85. The second-order valence-corrected chi connectivity index (χ2v) is 13.6. The zero-order chi connectivity index (χ0) is 24.8. The Morgan fingerprint density at radius 1 is 1.06 bits per heavy atom. The molecule has 14 heteroatoms. The number of alkyl halides is 5. The van der Waals surface area contributed by atoms with Gasteiger partial charge in [0.05, 0.1) is 0 Å². The Morgan fingerprint density at radius 3 is 2.19 bits per heavy atom. The van der Waals surface area contributed by atoms with Crippen molar-refractivity contribution >= 4 is 25.9 Å². The summed E-state index contributed by atoms with van der Waals surface area (Å²) in [5, 5.41) is 2.75. The first-order chi connectivity index (χ1) is 14.5. The molecule has 0 heterocycles. The predicted octanol–water partition coefficient (Wildman–Crippen LogP) is 0.693. The van der Waals surface area contributed by atoms with Crippen molar-refractivity contribution in [3.05, 3.63) is 41.2 Å². The van der Waals surface area contributed by atoms with Crippen LogP contribution in [0.15, 0.2) is 24.3 Å². The molecule has 0 spiro atoms. The first-order valence-corrected chi connectivity index (χ1v) is 15.6. The van der Waals surface area contributed by atoms with Crippen LogP contribution in [0.1, 0.15) is 37.3 Å². The fraction of sp³-hybridized carbons (Fsp3) is 0.556. The summed E-state index contributed by atoms with van der Waals surface area (Å²) in [6, 6.07) is 1.35. The summed E-state index contributed by atoms with van der Waals surface area (Å²) in [6.07, 6.45) is -2.06. The van der Waals surface area contributed by atoms with Gasteiger partial charge in [0, 0.05) is 0 Å². The van der Waals surface area contributed by atoms with Gasteiger partial charge < -0.3 is 0 Å². The zero-order valence-corrected chi connectivity index (χ0v) is 21.1. The van der Waals surface area contributed by atoms with Gasteiger partial charge in [0.1, 0.15) is 0 Å². The van der Waals surface area contributed by atoms with Crippen LogP contribution in [0.4, 0.5) is 23.2 Å². The van der Waals surface area contributed by atoms with Crippen LogP contribution in [-0.2, 0) is 29.8 Å². The van der Waals surface area contributed by atoms with Gasteiger partial charge in [-0.05, 0) is 0 Å². The number of hydrogen-bond acceptors (Lipinski definition) is 5. The van der Waals surface area contributed by atoms with Crippen molar-refractivity contribution in [3.63, 3.8) is 0 Å². The molecule has 7 nitrogen and oxygen atoms in total.